The Morgan fingerprint density at radius 2 is 1.76 bits per heavy atom. The molecule has 146 valence electrons. The number of aromatic nitrogens is 2. The number of nitriles is 1. The average Bonchev–Trinajstić information content (AvgIpc) is 2.67. The van der Waals surface area contributed by atoms with E-state index < -0.39 is 17.6 Å². The average molecular weight is 397 g/mol. The monoisotopic (exact) mass is 397 g/mol. The van der Waals surface area contributed by atoms with Gasteiger partial charge in [0, 0.05) is 17.1 Å². The first-order valence-electron chi connectivity index (χ1n) is 8.36. The van der Waals surface area contributed by atoms with Gasteiger partial charge < -0.3 is 10.6 Å². The highest BCUT2D eigenvalue weighted by molar-refractivity contribution is 6.03. The number of alkyl halides is 3. The topological polar surface area (TPSA) is 90.7 Å². The van der Waals surface area contributed by atoms with Crippen molar-refractivity contribution in [2.75, 3.05) is 10.6 Å². The van der Waals surface area contributed by atoms with E-state index in [1.54, 1.807) is 31.2 Å². The van der Waals surface area contributed by atoms with Crippen LogP contribution in [0.15, 0.2) is 54.6 Å². The van der Waals surface area contributed by atoms with Crippen LogP contribution in [0.4, 0.5) is 30.5 Å². The predicted octanol–water partition coefficient (Wildman–Crippen LogP) is 4.67. The number of hydrogen-bond donors (Lipinski definition) is 2. The fourth-order valence-electron chi connectivity index (χ4n) is 2.50. The van der Waals surface area contributed by atoms with Crippen molar-refractivity contribution in [2.24, 2.45) is 0 Å². The van der Waals surface area contributed by atoms with Crippen molar-refractivity contribution in [3.63, 3.8) is 0 Å². The minimum absolute atomic E-state index is 0.00248. The second-order valence-electron chi connectivity index (χ2n) is 6.07. The van der Waals surface area contributed by atoms with Crippen LogP contribution in [0.5, 0.6) is 0 Å². The van der Waals surface area contributed by atoms with Crippen LogP contribution < -0.4 is 10.6 Å². The maximum absolute atomic E-state index is 12.8. The second kappa shape index (κ2) is 7.98. The molecule has 3 aromatic rings. The lowest BCUT2D eigenvalue weighted by Gasteiger charge is -2.11. The Kier molecular flexibility index (Phi) is 5.45. The molecule has 2 N–H and O–H groups in total. The Bertz CT molecular complexity index is 1110. The summed E-state index contributed by atoms with van der Waals surface area (Å²) in [5, 5.41) is 14.3. The van der Waals surface area contributed by atoms with E-state index in [2.05, 4.69) is 20.6 Å². The van der Waals surface area contributed by atoms with Gasteiger partial charge in [0.1, 0.15) is 5.69 Å². The molecule has 0 radical (unpaired) electrons. The summed E-state index contributed by atoms with van der Waals surface area (Å²) in [6, 6.07) is 14.4. The number of nitrogens with zero attached hydrogens (tertiary/aromatic N) is 3. The largest absolute Gasteiger partial charge is 0.416 e. The Balaban J connectivity index is 1.82. The zero-order valence-corrected chi connectivity index (χ0v) is 15.1. The highest BCUT2D eigenvalue weighted by atomic mass is 19.4. The molecule has 3 rings (SSSR count). The molecule has 9 heteroatoms. The molecule has 29 heavy (non-hydrogen) atoms. The zero-order chi connectivity index (χ0) is 21.0. The van der Waals surface area contributed by atoms with Gasteiger partial charge in [0.15, 0.2) is 0 Å². The highest BCUT2D eigenvalue weighted by Gasteiger charge is 2.30. The van der Waals surface area contributed by atoms with Gasteiger partial charge in [-0.25, -0.2) is 9.97 Å². The van der Waals surface area contributed by atoms with Gasteiger partial charge in [-0.05, 0) is 49.4 Å². The van der Waals surface area contributed by atoms with E-state index in [0.29, 0.717) is 16.9 Å². The smallest absolute Gasteiger partial charge is 0.324 e. The predicted molar refractivity (Wildman–Crippen MR) is 101 cm³/mol. The van der Waals surface area contributed by atoms with E-state index in [1.807, 2.05) is 6.07 Å². The second-order valence-corrected chi connectivity index (χ2v) is 6.07. The van der Waals surface area contributed by atoms with Crippen molar-refractivity contribution in [3.8, 4) is 6.07 Å². The molecule has 2 aromatic carbocycles. The van der Waals surface area contributed by atoms with Crippen molar-refractivity contribution < 1.29 is 18.0 Å². The first-order valence-corrected chi connectivity index (χ1v) is 8.36. The van der Waals surface area contributed by atoms with Crippen molar-refractivity contribution in [3.05, 3.63) is 77.1 Å². The number of nitrogens with one attached hydrogen (secondary N) is 2. The SMILES string of the molecule is Cc1cc(C(=O)Nc2cccc(C(F)(F)F)c2)nc(Nc2cccc(C#N)c2)n1. The number of halogens is 3. The van der Waals surface area contributed by atoms with Gasteiger partial charge in [0.2, 0.25) is 5.95 Å². The van der Waals surface area contributed by atoms with Crippen molar-refractivity contribution in [1.29, 1.82) is 5.26 Å². The molecule has 1 amide bonds. The van der Waals surface area contributed by atoms with Crippen LogP contribution >= 0.6 is 0 Å². The van der Waals surface area contributed by atoms with E-state index in [1.165, 1.54) is 18.2 Å². The van der Waals surface area contributed by atoms with E-state index in [9.17, 15) is 18.0 Å². The maximum Gasteiger partial charge on any atom is 0.416 e. The molecule has 0 aliphatic heterocycles. The number of carbonyl (C=O) groups excluding carboxylic acids is 1. The molecular formula is C20H14F3N5O. The number of aryl methyl sites for hydroxylation is 1. The number of amides is 1. The summed E-state index contributed by atoms with van der Waals surface area (Å²) in [6.07, 6.45) is -4.51. The quantitative estimate of drug-likeness (QED) is 0.668. The molecular weight excluding hydrogens is 383 g/mol. The van der Waals surface area contributed by atoms with Gasteiger partial charge in [-0.3, -0.25) is 4.79 Å². The summed E-state index contributed by atoms with van der Waals surface area (Å²) >= 11 is 0. The number of rotatable bonds is 4. The summed E-state index contributed by atoms with van der Waals surface area (Å²) in [7, 11) is 0. The minimum Gasteiger partial charge on any atom is -0.324 e. The summed E-state index contributed by atoms with van der Waals surface area (Å²) in [5.74, 6) is -0.557. The third-order valence-electron chi connectivity index (χ3n) is 3.78. The molecule has 0 bridgehead atoms. The van der Waals surface area contributed by atoms with Gasteiger partial charge in [-0.2, -0.15) is 18.4 Å². The lowest BCUT2D eigenvalue weighted by molar-refractivity contribution is -0.137. The number of carbonyl (C=O) groups is 1. The Labute approximate surface area is 164 Å². The lowest BCUT2D eigenvalue weighted by atomic mass is 10.2. The van der Waals surface area contributed by atoms with Crippen LogP contribution in [-0.4, -0.2) is 15.9 Å². The number of anilines is 3. The first-order chi connectivity index (χ1) is 13.7. The van der Waals surface area contributed by atoms with Crippen LogP contribution in [-0.2, 0) is 6.18 Å². The molecule has 0 aliphatic carbocycles. The fourth-order valence-corrected chi connectivity index (χ4v) is 2.50. The van der Waals surface area contributed by atoms with E-state index >= 15 is 0 Å². The third-order valence-corrected chi connectivity index (χ3v) is 3.78. The van der Waals surface area contributed by atoms with E-state index in [-0.39, 0.29) is 17.3 Å². The molecule has 0 spiro atoms. The van der Waals surface area contributed by atoms with Crippen LogP contribution in [0.3, 0.4) is 0 Å². The van der Waals surface area contributed by atoms with Crippen molar-refractivity contribution in [2.45, 2.75) is 13.1 Å². The van der Waals surface area contributed by atoms with Crippen LogP contribution in [0.2, 0.25) is 0 Å². The maximum atomic E-state index is 12.8. The van der Waals surface area contributed by atoms with Gasteiger partial charge >= 0.3 is 6.18 Å². The number of hydrogen-bond acceptors (Lipinski definition) is 5. The summed E-state index contributed by atoms with van der Waals surface area (Å²) in [6.45, 7) is 1.65. The molecule has 0 fully saturated rings. The standard InChI is InChI=1S/C20H14F3N5O/c1-12-8-17(18(29)26-16-7-3-5-14(10-16)20(21,22)23)28-19(25-12)27-15-6-2-4-13(9-15)11-24/h2-10H,1H3,(H,26,29)(H,25,27,28). The fraction of sp³-hybridized carbons (Fsp3) is 0.100. The summed E-state index contributed by atoms with van der Waals surface area (Å²) < 4.78 is 38.5. The molecule has 0 unspecified atom stereocenters. The third kappa shape index (κ3) is 5.07. The van der Waals surface area contributed by atoms with E-state index in [4.69, 9.17) is 5.26 Å². The van der Waals surface area contributed by atoms with Gasteiger partial charge in [0.25, 0.3) is 5.91 Å². The molecule has 0 aliphatic rings. The molecule has 1 aromatic heterocycles. The lowest BCUT2D eigenvalue weighted by Crippen LogP contribution is -2.16. The molecule has 1 heterocycles. The van der Waals surface area contributed by atoms with Gasteiger partial charge in [-0.15, -0.1) is 0 Å². The Morgan fingerprint density at radius 3 is 2.48 bits per heavy atom. The molecule has 0 saturated carbocycles. The van der Waals surface area contributed by atoms with Crippen molar-refractivity contribution in [1.82, 2.24) is 9.97 Å². The van der Waals surface area contributed by atoms with E-state index in [0.717, 1.165) is 12.1 Å². The first kappa shape index (κ1) is 19.8. The van der Waals surface area contributed by atoms with Gasteiger partial charge in [0.05, 0.1) is 17.2 Å². The van der Waals surface area contributed by atoms with Crippen molar-refractivity contribution >= 4 is 23.2 Å². The molecule has 6 nitrogen and oxygen atoms in total. The van der Waals surface area contributed by atoms with Crippen LogP contribution in [0.25, 0.3) is 0 Å². The molecule has 0 saturated heterocycles. The van der Waals surface area contributed by atoms with Gasteiger partial charge in [-0.1, -0.05) is 12.1 Å². The summed E-state index contributed by atoms with van der Waals surface area (Å²) in [4.78, 5) is 20.8. The Morgan fingerprint density at radius 1 is 1.03 bits per heavy atom. The van der Waals surface area contributed by atoms with Crippen LogP contribution in [0.1, 0.15) is 27.3 Å². The minimum atomic E-state index is -4.51. The highest BCUT2D eigenvalue weighted by Crippen LogP contribution is 2.30. The van der Waals surface area contributed by atoms with Crippen LogP contribution in [0, 0.1) is 18.3 Å². The zero-order valence-electron chi connectivity index (χ0n) is 15.1. The molecule has 0 atom stereocenters. The Hall–Kier alpha value is -3.93. The number of benzene rings is 2. The normalized spacial score (nSPS) is 10.9. The summed E-state index contributed by atoms with van der Waals surface area (Å²) in [5.41, 5.74) is 0.581.